The van der Waals surface area contributed by atoms with Gasteiger partial charge in [-0.2, -0.15) is 0 Å². The Labute approximate surface area is 175 Å². The standard InChI is InChI=1S/C20H19FN4O2S2/c1-3-17(19(27)23-20-25-24-12(2)28-20)29-16-6-4-5-15(11-16)22-18(26)13-7-9-14(21)10-8-13/h4-11,17H,3H2,1-2H3,(H,22,26)(H,23,25,27). The zero-order valence-electron chi connectivity index (χ0n) is 15.8. The number of nitrogens with one attached hydrogen (secondary N) is 2. The number of hydrogen-bond acceptors (Lipinski definition) is 6. The van der Waals surface area contributed by atoms with Gasteiger partial charge in [0.2, 0.25) is 11.0 Å². The quantitative estimate of drug-likeness (QED) is 0.529. The maximum Gasteiger partial charge on any atom is 0.255 e. The Bertz CT molecular complexity index is 1010. The van der Waals surface area contributed by atoms with E-state index in [1.165, 1.54) is 47.4 Å². The summed E-state index contributed by atoms with van der Waals surface area (Å²) in [5, 5.41) is 14.3. The number of rotatable bonds is 7. The highest BCUT2D eigenvalue weighted by Crippen LogP contribution is 2.29. The van der Waals surface area contributed by atoms with E-state index in [-0.39, 0.29) is 17.1 Å². The van der Waals surface area contributed by atoms with Crippen molar-refractivity contribution in [3.63, 3.8) is 0 Å². The van der Waals surface area contributed by atoms with Crippen molar-refractivity contribution in [1.29, 1.82) is 0 Å². The molecule has 0 saturated heterocycles. The average Bonchev–Trinajstić information content (AvgIpc) is 3.11. The van der Waals surface area contributed by atoms with E-state index in [0.717, 1.165) is 9.90 Å². The van der Waals surface area contributed by atoms with Crippen molar-refractivity contribution < 1.29 is 14.0 Å². The fourth-order valence-electron chi connectivity index (χ4n) is 2.47. The first-order valence-electron chi connectivity index (χ1n) is 8.89. The fourth-order valence-corrected chi connectivity index (χ4v) is 4.08. The van der Waals surface area contributed by atoms with Crippen LogP contribution in [0.5, 0.6) is 0 Å². The number of amides is 2. The number of halogens is 1. The van der Waals surface area contributed by atoms with Crippen LogP contribution in [0.3, 0.4) is 0 Å². The van der Waals surface area contributed by atoms with E-state index in [1.54, 1.807) is 18.2 Å². The van der Waals surface area contributed by atoms with Crippen LogP contribution in [0.15, 0.2) is 53.4 Å². The third-order valence-corrected chi connectivity index (χ3v) is 6.01. The van der Waals surface area contributed by atoms with E-state index >= 15 is 0 Å². The molecule has 0 bridgehead atoms. The summed E-state index contributed by atoms with van der Waals surface area (Å²) in [7, 11) is 0. The molecule has 6 nitrogen and oxygen atoms in total. The Morgan fingerprint density at radius 3 is 2.55 bits per heavy atom. The van der Waals surface area contributed by atoms with Gasteiger partial charge in [-0.15, -0.1) is 22.0 Å². The van der Waals surface area contributed by atoms with Gasteiger partial charge in [0, 0.05) is 16.1 Å². The predicted molar refractivity (Wildman–Crippen MR) is 114 cm³/mol. The number of nitrogens with zero attached hydrogens (tertiary/aromatic N) is 2. The summed E-state index contributed by atoms with van der Waals surface area (Å²) in [6.07, 6.45) is 0.625. The number of anilines is 2. The molecule has 2 amide bonds. The van der Waals surface area contributed by atoms with Crippen LogP contribution < -0.4 is 10.6 Å². The summed E-state index contributed by atoms with van der Waals surface area (Å²) >= 11 is 2.73. The normalized spacial score (nSPS) is 11.7. The molecule has 0 fully saturated rings. The molecule has 150 valence electrons. The van der Waals surface area contributed by atoms with Crippen molar-refractivity contribution in [3.8, 4) is 0 Å². The van der Waals surface area contributed by atoms with Crippen molar-refractivity contribution in [3.05, 3.63) is 64.9 Å². The number of aromatic nitrogens is 2. The minimum atomic E-state index is -0.396. The molecule has 29 heavy (non-hydrogen) atoms. The van der Waals surface area contributed by atoms with Gasteiger partial charge in [-0.3, -0.25) is 14.9 Å². The topological polar surface area (TPSA) is 84.0 Å². The van der Waals surface area contributed by atoms with Crippen LogP contribution in [0.1, 0.15) is 28.7 Å². The van der Waals surface area contributed by atoms with Crippen LogP contribution >= 0.6 is 23.1 Å². The molecule has 2 aromatic carbocycles. The highest BCUT2D eigenvalue weighted by molar-refractivity contribution is 8.00. The molecule has 2 N–H and O–H groups in total. The summed E-state index contributed by atoms with van der Waals surface area (Å²) in [5.41, 5.74) is 0.960. The molecule has 0 aliphatic heterocycles. The molecule has 0 aliphatic rings. The number of carbonyl (C=O) groups excluding carboxylic acids is 2. The third kappa shape index (κ3) is 5.85. The van der Waals surface area contributed by atoms with Crippen LogP contribution in [0.4, 0.5) is 15.2 Å². The third-order valence-electron chi connectivity index (χ3n) is 3.90. The number of benzene rings is 2. The van der Waals surface area contributed by atoms with Gasteiger partial charge < -0.3 is 5.32 Å². The molecule has 3 rings (SSSR count). The van der Waals surface area contributed by atoms with Gasteiger partial charge in [0.05, 0.1) is 5.25 Å². The Hall–Kier alpha value is -2.78. The van der Waals surface area contributed by atoms with E-state index in [2.05, 4.69) is 20.8 Å². The van der Waals surface area contributed by atoms with Gasteiger partial charge >= 0.3 is 0 Å². The first-order valence-corrected chi connectivity index (χ1v) is 10.6. The molecule has 1 aromatic heterocycles. The molecule has 1 atom stereocenters. The molecule has 1 heterocycles. The van der Waals surface area contributed by atoms with E-state index in [9.17, 15) is 14.0 Å². The van der Waals surface area contributed by atoms with Gasteiger partial charge in [-0.05, 0) is 55.8 Å². The molecule has 0 saturated carbocycles. The second-order valence-electron chi connectivity index (χ2n) is 6.12. The first kappa shape index (κ1) is 20.9. The minimum Gasteiger partial charge on any atom is -0.322 e. The van der Waals surface area contributed by atoms with E-state index in [4.69, 9.17) is 0 Å². The Balaban J connectivity index is 1.65. The molecular formula is C20H19FN4O2S2. The predicted octanol–water partition coefficient (Wildman–Crippen LogP) is 4.75. The monoisotopic (exact) mass is 430 g/mol. The van der Waals surface area contributed by atoms with Crippen LogP contribution in [0.25, 0.3) is 0 Å². The van der Waals surface area contributed by atoms with Gasteiger partial charge in [-0.1, -0.05) is 24.3 Å². The highest BCUT2D eigenvalue weighted by atomic mass is 32.2. The maximum absolute atomic E-state index is 13.0. The van der Waals surface area contributed by atoms with E-state index in [0.29, 0.717) is 22.8 Å². The Morgan fingerprint density at radius 2 is 1.90 bits per heavy atom. The minimum absolute atomic E-state index is 0.144. The summed E-state index contributed by atoms with van der Waals surface area (Å²) in [6.45, 7) is 3.76. The summed E-state index contributed by atoms with van der Waals surface area (Å²) in [5.74, 6) is -0.870. The summed E-state index contributed by atoms with van der Waals surface area (Å²) in [4.78, 5) is 25.7. The molecule has 1 unspecified atom stereocenters. The van der Waals surface area contributed by atoms with Gasteiger partial charge in [0.15, 0.2) is 0 Å². The molecule has 0 spiro atoms. The van der Waals surface area contributed by atoms with Crippen molar-refractivity contribution >= 4 is 45.7 Å². The summed E-state index contributed by atoms with van der Waals surface area (Å²) < 4.78 is 13.0. The largest absolute Gasteiger partial charge is 0.322 e. The van der Waals surface area contributed by atoms with Crippen LogP contribution in [-0.2, 0) is 4.79 Å². The van der Waals surface area contributed by atoms with Crippen molar-refractivity contribution in [1.82, 2.24) is 10.2 Å². The zero-order valence-corrected chi connectivity index (χ0v) is 17.4. The van der Waals surface area contributed by atoms with Crippen molar-refractivity contribution in [2.75, 3.05) is 10.6 Å². The second-order valence-corrected chi connectivity index (χ2v) is 8.58. The lowest BCUT2D eigenvalue weighted by molar-refractivity contribution is -0.115. The van der Waals surface area contributed by atoms with Crippen LogP contribution in [0.2, 0.25) is 0 Å². The lowest BCUT2D eigenvalue weighted by Gasteiger charge is -2.14. The Morgan fingerprint density at radius 1 is 1.14 bits per heavy atom. The zero-order chi connectivity index (χ0) is 20.8. The number of carbonyl (C=O) groups is 2. The molecule has 0 radical (unpaired) electrons. The summed E-state index contributed by atoms with van der Waals surface area (Å²) in [6, 6.07) is 12.6. The highest BCUT2D eigenvalue weighted by Gasteiger charge is 2.19. The average molecular weight is 431 g/mol. The van der Waals surface area contributed by atoms with Crippen molar-refractivity contribution in [2.24, 2.45) is 0 Å². The maximum atomic E-state index is 13.0. The van der Waals surface area contributed by atoms with Crippen LogP contribution in [0, 0.1) is 12.7 Å². The van der Waals surface area contributed by atoms with Crippen molar-refractivity contribution in [2.45, 2.75) is 30.4 Å². The van der Waals surface area contributed by atoms with E-state index < -0.39 is 5.82 Å². The second kappa shape index (κ2) is 9.62. The van der Waals surface area contributed by atoms with Gasteiger partial charge in [-0.25, -0.2) is 4.39 Å². The molecule has 0 aliphatic carbocycles. The number of aryl methyl sites for hydroxylation is 1. The van der Waals surface area contributed by atoms with Crippen LogP contribution in [-0.4, -0.2) is 27.3 Å². The SMILES string of the molecule is CCC(Sc1cccc(NC(=O)c2ccc(F)cc2)c1)C(=O)Nc1nnc(C)s1. The molecule has 3 aromatic rings. The molecular weight excluding hydrogens is 411 g/mol. The number of thioether (sulfide) groups is 1. The van der Waals surface area contributed by atoms with Gasteiger partial charge in [0.1, 0.15) is 10.8 Å². The van der Waals surface area contributed by atoms with E-state index in [1.807, 2.05) is 19.9 Å². The molecule has 9 heteroatoms. The lowest BCUT2D eigenvalue weighted by Crippen LogP contribution is -2.24. The first-order chi connectivity index (χ1) is 13.9. The Kier molecular flexibility index (Phi) is 6.95. The fraction of sp³-hybridized carbons (Fsp3) is 0.200. The smallest absolute Gasteiger partial charge is 0.255 e. The lowest BCUT2D eigenvalue weighted by atomic mass is 10.2. The number of hydrogen-bond donors (Lipinski definition) is 2. The van der Waals surface area contributed by atoms with Gasteiger partial charge in [0.25, 0.3) is 5.91 Å².